The van der Waals surface area contributed by atoms with Crippen molar-refractivity contribution in [3.63, 3.8) is 0 Å². The van der Waals surface area contributed by atoms with Crippen LogP contribution in [0.5, 0.6) is 0 Å². The van der Waals surface area contributed by atoms with Gasteiger partial charge >= 0.3 is 0 Å². The van der Waals surface area contributed by atoms with Crippen molar-refractivity contribution in [3.8, 4) is 0 Å². The first kappa shape index (κ1) is 13.6. The Labute approximate surface area is 115 Å². The molecule has 98 valence electrons. The van der Waals surface area contributed by atoms with Crippen LogP contribution in [0.2, 0.25) is 5.02 Å². The zero-order chi connectivity index (χ0) is 14.0. The second-order valence-electron chi connectivity index (χ2n) is 3.85. The first-order valence-electron chi connectivity index (χ1n) is 5.32. The largest absolute Gasteiger partial charge is 0.366 e. The Morgan fingerprint density at radius 2 is 1.32 bits per heavy atom. The summed E-state index contributed by atoms with van der Waals surface area (Å²) in [4.78, 5) is 11.2. The van der Waals surface area contributed by atoms with E-state index in [-0.39, 0.29) is 15.4 Å². The molecule has 2 N–H and O–H groups in total. The Balaban J connectivity index is 2.44. The second kappa shape index (κ2) is 5.03. The molecule has 0 aliphatic heterocycles. The van der Waals surface area contributed by atoms with Gasteiger partial charge in [-0.05, 0) is 48.5 Å². The van der Waals surface area contributed by atoms with Gasteiger partial charge in [-0.3, -0.25) is 4.79 Å². The molecule has 0 aliphatic carbocycles. The third kappa shape index (κ3) is 2.77. The Morgan fingerprint density at radius 1 is 0.895 bits per heavy atom. The average molecular weight is 296 g/mol. The van der Waals surface area contributed by atoms with Gasteiger partial charge in [0, 0.05) is 10.6 Å². The van der Waals surface area contributed by atoms with Gasteiger partial charge in [-0.2, -0.15) is 0 Å². The number of hydrogen-bond acceptors (Lipinski definition) is 3. The maximum absolute atomic E-state index is 12.3. The van der Waals surface area contributed by atoms with Crippen LogP contribution in [0.25, 0.3) is 0 Å². The Hall–Kier alpha value is -1.85. The second-order valence-corrected chi connectivity index (χ2v) is 6.23. The fraction of sp³-hybridized carbons (Fsp3) is 0. The highest BCUT2D eigenvalue weighted by Crippen LogP contribution is 2.22. The summed E-state index contributed by atoms with van der Waals surface area (Å²) >= 11 is 5.72. The smallest absolute Gasteiger partial charge is 0.248 e. The van der Waals surface area contributed by atoms with Gasteiger partial charge < -0.3 is 5.73 Å². The molecule has 0 atom stereocenters. The Bertz CT molecular complexity index is 707. The molecule has 4 nitrogen and oxygen atoms in total. The van der Waals surface area contributed by atoms with Crippen molar-refractivity contribution in [3.05, 3.63) is 59.1 Å². The molecule has 0 aliphatic rings. The number of halogens is 1. The van der Waals surface area contributed by atoms with E-state index >= 15 is 0 Å². The van der Waals surface area contributed by atoms with Gasteiger partial charge in [0.25, 0.3) is 0 Å². The molecule has 0 fully saturated rings. The standard InChI is InChI=1S/C13H10ClNO3S/c14-10-3-7-12(8-4-10)19(17,18)11-5-1-9(2-6-11)13(15)16/h1-8H,(H2,15,16). The van der Waals surface area contributed by atoms with Crippen molar-refractivity contribution in [2.75, 3.05) is 0 Å². The molecule has 0 bridgehead atoms. The zero-order valence-corrected chi connectivity index (χ0v) is 11.3. The number of amides is 1. The van der Waals surface area contributed by atoms with Crippen LogP contribution in [0.3, 0.4) is 0 Å². The van der Waals surface area contributed by atoms with Crippen molar-refractivity contribution in [2.45, 2.75) is 9.79 Å². The summed E-state index contributed by atoms with van der Waals surface area (Å²) < 4.78 is 24.5. The van der Waals surface area contributed by atoms with E-state index in [1.54, 1.807) is 0 Å². The first-order chi connectivity index (χ1) is 8.91. The normalized spacial score (nSPS) is 11.2. The highest BCUT2D eigenvalue weighted by Gasteiger charge is 2.17. The maximum atomic E-state index is 12.3. The summed E-state index contributed by atoms with van der Waals surface area (Å²) in [6.07, 6.45) is 0. The molecule has 19 heavy (non-hydrogen) atoms. The van der Waals surface area contributed by atoms with Crippen LogP contribution in [0, 0.1) is 0 Å². The fourth-order valence-corrected chi connectivity index (χ4v) is 2.94. The van der Waals surface area contributed by atoms with Gasteiger partial charge in [-0.25, -0.2) is 8.42 Å². The van der Waals surface area contributed by atoms with Crippen molar-refractivity contribution < 1.29 is 13.2 Å². The van der Waals surface area contributed by atoms with Crippen LogP contribution >= 0.6 is 11.6 Å². The SMILES string of the molecule is NC(=O)c1ccc(S(=O)(=O)c2ccc(Cl)cc2)cc1. The van der Waals surface area contributed by atoms with Crippen LogP contribution in [-0.4, -0.2) is 14.3 Å². The molecule has 1 amide bonds. The van der Waals surface area contributed by atoms with E-state index in [1.807, 2.05) is 0 Å². The predicted molar refractivity (Wildman–Crippen MR) is 71.9 cm³/mol. The molecule has 2 aromatic carbocycles. The average Bonchev–Trinajstić information content (AvgIpc) is 2.39. The molecule has 0 saturated carbocycles. The van der Waals surface area contributed by atoms with E-state index in [2.05, 4.69) is 0 Å². The maximum Gasteiger partial charge on any atom is 0.248 e. The lowest BCUT2D eigenvalue weighted by Crippen LogP contribution is -2.11. The third-order valence-electron chi connectivity index (χ3n) is 2.57. The minimum absolute atomic E-state index is 0.0971. The number of sulfone groups is 1. The van der Waals surface area contributed by atoms with Crippen LogP contribution in [-0.2, 0) is 9.84 Å². The number of rotatable bonds is 3. The minimum atomic E-state index is -3.61. The fourth-order valence-electron chi connectivity index (χ4n) is 1.55. The van der Waals surface area contributed by atoms with Crippen molar-refractivity contribution >= 4 is 27.3 Å². The lowest BCUT2D eigenvalue weighted by molar-refractivity contribution is 0.1000. The van der Waals surface area contributed by atoms with E-state index in [0.29, 0.717) is 5.02 Å². The molecule has 6 heteroatoms. The summed E-state index contributed by atoms with van der Waals surface area (Å²) in [5.74, 6) is -0.601. The van der Waals surface area contributed by atoms with Gasteiger partial charge in [0.15, 0.2) is 0 Å². The van der Waals surface area contributed by atoms with Gasteiger partial charge in [-0.1, -0.05) is 11.6 Å². The third-order valence-corrected chi connectivity index (χ3v) is 4.61. The summed E-state index contributed by atoms with van der Waals surface area (Å²) in [6.45, 7) is 0. The molecule has 2 aromatic rings. The van der Waals surface area contributed by atoms with E-state index < -0.39 is 15.7 Å². The zero-order valence-electron chi connectivity index (χ0n) is 9.71. The molecule has 0 saturated heterocycles. The summed E-state index contributed by atoms with van der Waals surface area (Å²) in [7, 11) is -3.61. The van der Waals surface area contributed by atoms with Crippen LogP contribution < -0.4 is 5.73 Å². The number of benzene rings is 2. The molecular formula is C13H10ClNO3S. The topological polar surface area (TPSA) is 77.2 Å². The van der Waals surface area contributed by atoms with E-state index in [0.717, 1.165) is 0 Å². The molecular weight excluding hydrogens is 286 g/mol. The van der Waals surface area contributed by atoms with Gasteiger partial charge in [0.1, 0.15) is 0 Å². The molecule has 0 heterocycles. The first-order valence-corrected chi connectivity index (χ1v) is 7.18. The summed E-state index contributed by atoms with van der Waals surface area (Å²) in [6, 6.07) is 11.3. The van der Waals surface area contributed by atoms with Gasteiger partial charge in [0.05, 0.1) is 9.79 Å². The van der Waals surface area contributed by atoms with Crippen LogP contribution in [0.1, 0.15) is 10.4 Å². The van der Waals surface area contributed by atoms with Gasteiger partial charge in [-0.15, -0.1) is 0 Å². The Morgan fingerprint density at radius 3 is 1.74 bits per heavy atom. The quantitative estimate of drug-likeness (QED) is 0.943. The monoisotopic (exact) mass is 295 g/mol. The van der Waals surface area contributed by atoms with Crippen molar-refractivity contribution in [1.82, 2.24) is 0 Å². The van der Waals surface area contributed by atoms with Gasteiger partial charge in [0.2, 0.25) is 15.7 Å². The number of hydrogen-bond donors (Lipinski definition) is 1. The highest BCUT2D eigenvalue weighted by atomic mass is 35.5. The van der Waals surface area contributed by atoms with Crippen molar-refractivity contribution in [2.24, 2.45) is 5.73 Å². The minimum Gasteiger partial charge on any atom is -0.366 e. The number of nitrogens with two attached hydrogens (primary N) is 1. The molecule has 0 spiro atoms. The van der Waals surface area contributed by atoms with Crippen molar-refractivity contribution in [1.29, 1.82) is 0 Å². The number of carbonyl (C=O) groups is 1. The van der Waals surface area contributed by atoms with E-state index in [9.17, 15) is 13.2 Å². The summed E-state index contributed by atoms with van der Waals surface area (Å²) in [5, 5.41) is 0.461. The van der Waals surface area contributed by atoms with E-state index in [1.165, 1.54) is 48.5 Å². The van der Waals surface area contributed by atoms with E-state index in [4.69, 9.17) is 17.3 Å². The summed E-state index contributed by atoms with van der Waals surface area (Å²) in [5.41, 5.74) is 5.36. The molecule has 0 radical (unpaired) electrons. The molecule has 0 aromatic heterocycles. The lowest BCUT2D eigenvalue weighted by atomic mass is 10.2. The number of primary amides is 1. The van der Waals surface area contributed by atoms with Crippen LogP contribution in [0.15, 0.2) is 58.3 Å². The lowest BCUT2D eigenvalue weighted by Gasteiger charge is -2.05. The van der Waals surface area contributed by atoms with Crippen LogP contribution in [0.4, 0.5) is 0 Å². The highest BCUT2D eigenvalue weighted by molar-refractivity contribution is 7.91. The predicted octanol–water partition coefficient (Wildman–Crippen LogP) is 2.27. The molecule has 2 rings (SSSR count). The number of carbonyl (C=O) groups excluding carboxylic acids is 1. The molecule has 0 unspecified atom stereocenters. The Kier molecular flexibility index (Phi) is 3.59.